The van der Waals surface area contributed by atoms with Gasteiger partial charge in [-0.25, -0.2) is 9.18 Å². The number of carboxylic acids is 1. The summed E-state index contributed by atoms with van der Waals surface area (Å²) in [4.78, 5) is 14.9. The monoisotopic (exact) mass is 257 g/mol. The Balaban J connectivity index is 2.22. The number of aliphatic imine (C=N–C) groups is 1. The SMILES string of the molecule is Cc1ccc(F)cc1C=Nc1ccc(C(=O)O)cc1. The van der Waals surface area contributed by atoms with E-state index in [4.69, 9.17) is 5.11 Å². The van der Waals surface area contributed by atoms with E-state index in [2.05, 4.69) is 4.99 Å². The molecule has 2 rings (SSSR count). The minimum atomic E-state index is -0.975. The van der Waals surface area contributed by atoms with Crippen LogP contribution in [0.1, 0.15) is 21.5 Å². The van der Waals surface area contributed by atoms with E-state index in [0.717, 1.165) is 5.56 Å². The number of hydrogen-bond acceptors (Lipinski definition) is 2. The molecule has 0 aliphatic carbocycles. The van der Waals surface area contributed by atoms with E-state index in [0.29, 0.717) is 11.3 Å². The van der Waals surface area contributed by atoms with Crippen LogP contribution in [-0.4, -0.2) is 17.3 Å². The molecule has 0 atom stereocenters. The molecule has 1 N–H and O–H groups in total. The van der Waals surface area contributed by atoms with Crippen LogP contribution in [0.15, 0.2) is 47.5 Å². The summed E-state index contributed by atoms with van der Waals surface area (Å²) < 4.78 is 13.1. The molecule has 2 aromatic carbocycles. The van der Waals surface area contributed by atoms with Gasteiger partial charge < -0.3 is 5.11 Å². The van der Waals surface area contributed by atoms with E-state index in [1.165, 1.54) is 24.3 Å². The van der Waals surface area contributed by atoms with Crippen molar-refractivity contribution in [3.8, 4) is 0 Å². The predicted octanol–water partition coefficient (Wildman–Crippen LogP) is 3.58. The molecule has 0 aliphatic heterocycles. The summed E-state index contributed by atoms with van der Waals surface area (Å²) in [6.07, 6.45) is 1.56. The van der Waals surface area contributed by atoms with Gasteiger partial charge in [0.05, 0.1) is 11.3 Å². The van der Waals surface area contributed by atoms with Crippen molar-refractivity contribution in [2.24, 2.45) is 4.99 Å². The van der Waals surface area contributed by atoms with Gasteiger partial charge in [-0.1, -0.05) is 6.07 Å². The lowest BCUT2D eigenvalue weighted by molar-refractivity contribution is 0.0697. The van der Waals surface area contributed by atoms with Crippen molar-refractivity contribution < 1.29 is 14.3 Å². The van der Waals surface area contributed by atoms with Crippen molar-refractivity contribution in [3.05, 3.63) is 65.0 Å². The van der Waals surface area contributed by atoms with Crippen molar-refractivity contribution in [2.75, 3.05) is 0 Å². The van der Waals surface area contributed by atoms with Gasteiger partial charge in [0.15, 0.2) is 0 Å². The lowest BCUT2D eigenvalue weighted by Crippen LogP contribution is -1.94. The number of halogens is 1. The molecule has 0 unspecified atom stereocenters. The molecular formula is C15H12FNO2. The lowest BCUT2D eigenvalue weighted by atomic mass is 10.1. The minimum absolute atomic E-state index is 0.209. The molecule has 19 heavy (non-hydrogen) atoms. The van der Waals surface area contributed by atoms with Crippen LogP contribution in [0.25, 0.3) is 0 Å². The van der Waals surface area contributed by atoms with Crippen LogP contribution in [0.2, 0.25) is 0 Å². The second-order valence-electron chi connectivity index (χ2n) is 4.11. The third-order valence-electron chi connectivity index (χ3n) is 2.71. The van der Waals surface area contributed by atoms with E-state index in [9.17, 15) is 9.18 Å². The highest BCUT2D eigenvalue weighted by atomic mass is 19.1. The molecule has 0 fully saturated rings. The number of nitrogens with zero attached hydrogens (tertiary/aromatic N) is 1. The van der Waals surface area contributed by atoms with Gasteiger partial charge in [0.2, 0.25) is 0 Å². The summed E-state index contributed by atoms with van der Waals surface area (Å²) in [5, 5.41) is 8.77. The molecular weight excluding hydrogens is 245 g/mol. The Hall–Kier alpha value is -2.49. The first kappa shape index (κ1) is 13.0. The number of aryl methyl sites for hydroxylation is 1. The summed E-state index contributed by atoms with van der Waals surface area (Å²) in [5.41, 5.74) is 2.45. The van der Waals surface area contributed by atoms with Gasteiger partial charge in [0, 0.05) is 6.21 Å². The molecule has 0 spiro atoms. The van der Waals surface area contributed by atoms with Gasteiger partial charge in [0.25, 0.3) is 0 Å². The zero-order chi connectivity index (χ0) is 13.8. The van der Waals surface area contributed by atoms with Gasteiger partial charge in [-0.15, -0.1) is 0 Å². The molecule has 96 valence electrons. The smallest absolute Gasteiger partial charge is 0.335 e. The minimum Gasteiger partial charge on any atom is -0.478 e. The van der Waals surface area contributed by atoms with Crippen LogP contribution in [0.5, 0.6) is 0 Å². The fraction of sp³-hybridized carbons (Fsp3) is 0.0667. The first-order chi connectivity index (χ1) is 9.06. The van der Waals surface area contributed by atoms with Crippen LogP contribution in [0, 0.1) is 12.7 Å². The molecule has 0 saturated heterocycles. The first-order valence-corrected chi connectivity index (χ1v) is 5.70. The topological polar surface area (TPSA) is 49.7 Å². The molecule has 0 aromatic heterocycles. The van der Waals surface area contributed by atoms with Crippen LogP contribution >= 0.6 is 0 Å². The average molecular weight is 257 g/mol. The number of carbonyl (C=O) groups is 1. The maximum absolute atomic E-state index is 13.1. The van der Waals surface area contributed by atoms with Crippen LogP contribution < -0.4 is 0 Å². The van der Waals surface area contributed by atoms with E-state index in [1.54, 1.807) is 24.4 Å². The molecule has 0 bridgehead atoms. The van der Waals surface area contributed by atoms with Crippen LogP contribution in [-0.2, 0) is 0 Å². The number of hydrogen-bond donors (Lipinski definition) is 1. The van der Waals surface area contributed by atoms with E-state index in [1.807, 2.05) is 6.92 Å². The Morgan fingerprint density at radius 2 is 1.89 bits per heavy atom. The standard InChI is InChI=1S/C15H12FNO2/c1-10-2-5-13(16)8-12(10)9-17-14-6-3-11(4-7-14)15(18)19/h2-9H,1H3,(H,18,19). The second-order valence-corrected chi connectivity index (χ2v) is 4.11. The molecule has 0 aliphatic rings. The largest absolute Gasteiger partial charge is 0.478 e. The Morgan fingerprint density at radius 1 is 1.21 bits per heavy atom. The third kappa shape index (κ3) is 3.25. The van der Waals surface area contributed by atoms with Crippen LogP contribution in [0.3, 0.4) is 0 Å². The second kappa shape index (κ2) is 5.44. The maximum atomic E-state index is 13.1. The quantitative estimate of drug-likeness (QED) is 0.854. The molecule has 0 radical (unpaired) electrons. The van der Waals surface area contributed by atoms with Gasteiger partial charge >= 0.3 is 5.97 Å². The Kier molecular flexibility index (Phi) is 3.71. The number of rotatable bonds is 3. The van der Waals surface area contributed by atoms with E-state index >= 15 is 0 Å². The summed E-state index contributed by atoms with van der Waals surface area (Å²) in [7, 11) is 0. The zero-order valence-corrected chi connectivity index (χ0v) is 10.3. The Bertz CT molecular complexity index is 633. The Morgan fingerprint density at radius 3 is 2.53 bits per heavy atom. The summed E-state index contributed by atoms with van der Waals surface area (Å²) >= 11 is 0. The normalized spacial score (nSPS) is 10.8. The Labute approximate surface area is 110 Å². The number of benzene rings is 2. The van der Waals surface area contributed by atoms with Crippen LogP contribution in [0.4, 0.5) is 10.1 Å². The van der Waals surface area contributed by atoms with Gasteiger partial charge in [-0.3, -0.25) is 4.99 Å². The van der Waals surface area contributed by atoms with E-state index in [-0.39, 0.29) is 11.4 Å². The third-order valence-corrected chi connectivity index (χ3v) is 2.71. The predicted molar refractivity (Wildman–Crippen MR) is 71.8 cm³/mol. The van der Waals surface area contributed by atoms with Crippen molar-refractivity contribution >= 4 is 17.9 Å². The highest BCUT2D eigenvalue weighted by molar-refractivity contribution is 5.88. The fourth-order valence-corrected chi connectivity index (χ4v) is 1.58. The highest BCUT2D eigenvalue weighted by Gasteiger charge is 2.01. The molecule has 0 heterocycles. The molecule has 0 amide bonds. The zero-order valence-electron chi connectivity index (χ0n) is 10.3. The van der Waals surface area contributed by atoms with Crippen molar-refractivity contribution in [2.45, 2.75) is 6.92 Å². The molecule has 3 nitrogen and oxygen atoms in total. The summed E-state index contributed by atoms with van der Waals surface area (Å²) in [6.45, 7) is 1.87. The molecule has 4 heteroatoms. The lowest BCUT2D eigenvalue weighted by Gasteiger charge is -2.00. The summed E-state index contributed by atoms with van der Waals surface area (Å²) in [6, 6.07) is 10.7. The molecule has 2 aromatic rings. The van der Waals surface area contributed by atoms with Gasteiger partial charge in [0.1, 0.15) is 5.82 Å². The highest BCUT2D eigenvalue weighted by Crippen LogP contribution is 2.14. The fourth-order valence-electron chi connectivity index (χ4n) is 1.58. The first-order valence-electron chi connectivity index (χ1n) is 5.70. The average Bonchev–Trinajstić information content (AvgIpc) is 2.40. The molecule has 0 saturated carbocycles. The van der Waals surface area contributed by atoms with Crippen molar-refractivity contribution in [1.82, 2.24) is 0 Å². The van der Waals surface area contributed by atoms with Gasteiger partial charge in [-0.2, -0.15) is 0 Å². The number of aromatic carboxylic acids is 1. The number of carboxylic acid groups (broad SMARTS) is 1. The van der Waals surface area contributed by atoms with Crippen molar-refractivity contribution in [1.29, 1.82) is 0 Å². The summed E-state index contributed by atoms with van der Waals surface area (Å²) in [5.74, 6) is -1.29. The van der Waals surface area contributed by atoms with E-state index < -0.39 is 5.97 Å². The van der Waals surface area contributed by atoms with Crippen molar-refractivity contribution in [3.63, 3.8) is 0 Å². The van der Waals surface area contributed by atoms with Gasteiger partial charge in [-0.05, 0) is 54.4 Å². The maximum Gasteiger partial charge on any atom is 0.335 e.